The van der Waals surface area contributed by atoms with Crippen molar-refractivity contribution in [3.8, 4) is 0 Å². The van der Waals surface area contributed by atoms with Crippen molar-refractivity contribution < 1.29 is 4.74 Å². The van der Waals surface area contributed by atoms with Gasteiger partial charge in [-0.05, 0) is 38.0 Å². The van der Waals surface area contributed by atoms with Crippen LogP contribution >= 0.6 is 23.1 Å². The van der Waals surface area contributed by atoms with Gasteiger partial charge in [0.2, 0.25) is 0 Å². The van der Waals surface area contributed by atoms with Gasteiger partial charge in [-0.3, -0.25) is 0 Å². The monoisotopic (exact) mass is 267 g/mol. The van der Waals surface area contributed by atoms with Gasteiger partial charge in [0.15, 0.2) is 4.34 Å². The molecular formula is C13H17NOS2. The molecule has 2 nitrogen and oxygen atoms in total. The third kappa shape index (κ3) is 3.69. The second kappa shape index (κ2) is 6.38. The molecule has 0 radical (unpaired) electrons. The van der Waals surface area contributed by atoms with Gasteiger partial charge in [-0.15, -0.1) is 11.3 Å². The lowest BCUT2D eigenvalue weighted by Crippen LogP contribution is -1.94. The summed E-state index contributed by atoms with van der Waals surface area (Å²) in [5, 5.41) is 0. The second-order valence-electron chi connectivity index (χ2n) is 3.85. The van der Waals surface area contributed by atoms with Gasteiger partial charge in [0.25, 0.3) is 0 Å². The van der Waals surface area contributed by atoms with E-state index in [1.165, 1.54) is 14.6 Å². The van der Waals surface area contributed by atoms with E-state index in [2.05, 4.69) is 30.1 Å². The quantitative estimate of drug-likeness (QED) is 0.580. The van der Waals surface area contributed by atoms with Crippen LogP contribution in [0, 0.1) is 6.92 Å². The lowest BCUT2D eigenvalue weighted by Gasteiger charge is -1.98. The van der Waals surface area contributed by atoms with Gasteiger partial charge in [-0.1, -0.05) is 17.8 Å². The van der Waals surface area contributed by atoms with Gasteiger partial charge in [0, 0.05) is 19.0 Å². The van der Waals surface area contributed by atoms with Crippen LogP contribution in [0.4, 0.5) is 0 Å². The average Bonchev–Trinajstić information content (AvgIpc) is 2.70. The molecule has 17 heavy (non-hydrogen) atoms. The minimum Gasteiger partial charge on any atom is -0.382 e. The van der Waals surface area contributed by atoms with Gasteiger partial charge in [-0.25, -0.2) is 4.98 Å². The van der Waals surface area contributed by atoms with Crippen LogP contribution in [0.5, 0.6) is 0 Å². The first-order valence-corrected chi connectivity index (χ1v) is 7.67. The van der Waals surface area contributed by atoms with Crippen molar-refractivity contribution in [2.45, 2.75) is 24.6 Å². The van der Waals surface area contributed by atoms with E-state index < -0.39 is 0 Å². The summed E-state index contributed by atoms with van der Waals surface area (Å²) in [6.07, 6.45) is 1.09. The molecule has 0 fully saturated rings. The number of nitrogens with zero attached hydrogens (tertiary/aromatic N) is 1. The van der Waals surface area contributed by atoms with Crippen molar-refractivity contribution in [3.63, 3.8) is 0 Å². The summed E-state index contributed by atoms with van der Waals surface area (Å²) in [5.41, 5.74) is 2.40. The zero-order chi connectivity index (χ0) is 12.1. The fourth-order valence-corrected chi connectivity index (χ4v) is 3.57. The van der Waals surface area contributed by atoms with Crippen LogP contribution in [0.25, 0.3) is 10.2 Å². The Kier molecular flexibility index (Phi) is 4.83. The number of hydrogen-bond acceptors (Lipinski definition) is 4. The van der Waals surface area contributed by atoms with E-state index in [0.29, 0.717) is 0 Å². The first kappa shape index (κ1) is 12.9. The Hall–Kier alpha value is -0.580. The first-order chi connectivity index (χ1) is 8.29. The molecule has 0 amide bonds. The number of benzene rings is 1. The molecule has 0 N–H and O–H groups in total. The number of aromatic nitrogens is 1. The number of ether oxygens (including phenoxy) is 1. The topological polar surface area (TPSA) is 22.1 Å². The molecule has 0 saturated carbocycles. The van der Waals surface area contributed by atoms with E-state index in [1.54, 1.807) is 11.3 Å². The Balaban J connectivity index is 1.91. The van der Waals surface area contributed by atoms with Crippen molar-refractivity contribution in [1.29, 1.82) is 0 Å². The van der Waals surface area contributed by atoms with Crippen molar-refractivity contribution in [2.24, 2.45) is 0 Å². The van der Waals surface area contributed by atoms with Crippen LogP contribution in [-0.2, 0) is 4.74 Å². The molecular weight excluding hydrogens is 250 g/mol. The fourth-order valence-electron chi connectivity index (χ4n) is 1.54. The normalized spacial score (nSPS) is 11.2. The average molecular weight is 267 g/mol. The second-order valence-corrected chi connectivity index (χ2v) is 6.22. The van der Waals surface area contributed by atoms with Crippen LogP contribution in [0.15, 0.2) is 22.5 Å². The van der Waals surface area contributed by atoms with Crippen LogP contribution < -0.4 is 0 Å². The van der Waals surface area contributed by atoms with Gasteiger partial charge in [0.1, 0.15) is 0 Å². The predicted octanol–water partition coefficient (Wildman–Crippen LogP) is 4.12. The molecule has 1 heterocycles. The summed E-state index contributed by atoms with van der Waals surface area (Å²) in [5.74, 6) is 1.08. The third-order valence-electron chi connectivity index (χ3n) is 2.39. The van der Waals surface area contributed by atoms with Crippen LogP contribution in [0.1, 0.15) is 18.9 Å². The molecule has 0 aliphatic carbocycles. The van der Waals surface area contributed by atoms with Gasteiger partial charge >= 0.3 is 0 Å². The van der Waals surface area contributed by atoms with Crippen molar-refractivity contribution in [3.05, 3.63) is 23.8 Å². The Morgan fingerprint density at radius 3 is 3.12 bits per heavy atom. The van der Waals surface area contributed by atoms with E-state index in [-0.39, 0.29) is 0 Å². The maximum atomic E-state index is 5.32. The highest BCUT2D eigenvalue weighted by molar-refractivity contribution is 8.01. The molecule has 2 aromatic rings. The van der Waals surface area contributed by atoms with Crippen LogP contribution in [0.2, 0.25) is 0 Å². The molecule has 92 valence electrons. The fraction of sp³-hybridized carbons (Fsp3) is 0.462. The minimum atomic E-state index is 0.811. The number of fused-ring (bicyclic) bond motifs is 1. The standard InChI is InChI=1S/C13H17NOS2/c1-3-15-7-4-8-16-13-14-11-9-10(2)5-6-12(11)17-13/h5-6,9H,3-4,7-8H2,1-2H3. The molecule has 0 atom stereocenters. The van der Waals surface area contributed by atoms with Gasteiger partial charge < -0.3 is 4.74 Å². The number of aryl methyl sites for hydroxylation is 1. The molecule has 0 unspecified atom stereocenters. The third-order valence-corrected chi connectivity index (χ3v) is 4.65. The Bertz CT molecular complexity index is 481. The van der Waals surface area contributed by atoms with E-state index in [9.17, 15) is 0 Å². The molecule has 0 aliphatic heterocycles. The Labute approximate surface area is 110 Å². The summed E-state index contributed by atoms with van der Waals surface area (Å²) >= 11 is 3.61. The molecule has 1 aromatic carbocycles. The molecule has 1 aromatic heterocycles. The number of hydrogen-bond donors (Lipinski definition) is 0. The summed E-state index contributed by atoms with van der Waals surface area (Å²) in [7, 11) is 0. The summed E-state index contributed by atoms with van der Waals surface area (Å²) < 4.78 is 7.76. The number of thioether (sulfide) groups is 1. The molecule has 4 heteroatoms. The minimum absolute atomic E-state index is 0.811. The Morgan fingerprint density at radius 1 is 1.41 bits per heavy atom. The highest BCUT2D eigenvalue weighted by Crippen LogP contribution is 2.30. The zero-order valence-corrected chi connectivity index (χ0v) is 11.9. The molecule has 0 spiro atoms. The predicted molar refractivity (Wildman–Crippen MR) is 76.2 cm³/mol. The number of thiazole rings is 1. The summed E-state index contributed by atoms with van der Waals surface area (Å²) in [6.45, 7) is 5.80. The SMILES string of the molecule is CCOCCCSc1nc2cc(C)ccc2s1. The van der Waals surface area contributed by atoms with Gasteiger partial charge in [-0.2, -0.15) is 0 Å². The molecule has 2 rings (SSSR count). The van der Waals surface area contributed by atoms with E-state index in [4.69, 9.17) is 4.74 Å². The van der Waals surface area contributed by atoms with E-state index >= 15 is 0 Å². The van der Waals surface area contributed by atoms with Crippen molar-refractivity contribution in [1.82, 2.24) is 4.98 Å². The number of rotatable bonds is 6. The molecule has 0 aliphatic rings. The maximum Gasteiger partial charge on any atom is 0.151 e. The zero-order valence-electron chi connectivity index (χ0n) is 10.2. The van der Waals surface area contributed by atoms with Crippen LogP contribution in [-0.4, -0.2) is 24.0 Å². The molecule has 0 saturated heterocycles. The highest BCUT2D eigenvalue weighted by Gasteiger charge is 2.04. The molecule has 0 bridgehead atoms. The van der Waals surface area contributed by atoms with E-state index in [0.717, 1.165) is 30.9 Å². The summed E-state index contributed by atoms with van der Waals surface area (Å²) in [4.78, 5) is 4.63. The van der Waals surface area contributed by atoms with Crippen LogP contribution in [0.3, 0.4) is 0 Å². The lowest BCUT2D eigenvalue weighted by atomic mass is 10.2. The maximum absolute atomic E-state index is 5.32. The van der Waals surface area contributed by atoms with Crippen molar-refractivity contribution in [2.75, 3.05) is 19.0 Å². The lowest BCUT2D eigenvalue weighted by molar-refractivity contribution is 0.149. The van der Waals surface area contributed by atoms with E-state index in [1.807, 2.05) is 18.7 Å². The Morgan fingerprint density at radius 2 is 2.29 bits per heavy atom. The van der Waals surface area contributed by atoms with Gasteiger partial charge in [0.05, 0.1) is 10.2 Å². The van der Waals surface area contributed by atoms with Crippen molar-refractivity contribution >= 4 is 33.3 Å². The summed E-state index contributed by atoms with van der Waals surface area (Å²) in [6, 6.07) is 6.45. The highest BCUT2D eigenvalue weighted by atomic mass is 32.2. The largest absolute Gasteiger partial charge is 0.382 e. The smallest absolute Gasteiger partial charge is 0.151 e. The first-order valence-electron chi connectivity index (χ1n) is 5.87.